The summed E-state index contributed by atoms with van der Waals surface area (Å²) in [6.45, 7) is 3.56. The summed E-state index contributed by atoms with van der Waals surface area (Å²) in [5.41, 5.74) is 1.77. The maximum absolute atomic E-state index is 12.3. The maximum atomic E-state index is 12.3. The first-order valence-electron chi connectivity index (χ1n) is 5.88. The molecule has 0 heterocycles. The van der Waals surface area contributed by atoms with Crippen LogP contribution in [0.5, 0.6) is 5.75 Å². The number of aryl methyl sites for hydroxylation is 2. The molecular formula is C14H14ClNO3S. The number of aromatic hydroxyl groups is 1. The number of sulfonamides is 1. The lowest BCUT2D eigenvalue weighted by atomic mass is 10.2. The third-order valence-electron chi connectivity index (χ3n) is 2.83. The Balaban J connectivity index is 2.40. The number of phenolic OH excluding ortho intramolecular Hbond substituents is 1. The first-order valence-corrected chi connectivity index (χ1v) is 7.74. The molecule has 0 spiro atoms. The lowest BCUT2D eigenvalue weighted by molar-refractivity contribution is 0.476. The Labute approximate surface area is 123 Å². The van der Waals surface area contributed by atoms with Crippen LogP contribution in [-0.4, -0.2) is 13.5 Å². The van der Waals surface area contributed by atoms with Gasteiger partial charge in [0.1, 0.15) is 5.75 Å². The van der Waals surface area contributed by atoms with Gasteiger partial charge in [-0.15, -0.1) is 0 Å². The molecule has 0 saturated heterocycles. The number of phenols is 1. The van der Waals surface area contributed by atoms with E-state index in [1.54, 1.807) is 19.1 Å². The summed E-state index contributed by atoms with van der Waals surface area (Å²) in [4.78, 5) is 0.215. The molecule has 2 rings (SSSR count). The summed E-state index contributed by atoms with van der Waals surface area (Å²) < 4.78 is 27.1. The van der Waals surface area contributed by atoms with Crippen LogP contribution >= 0.6 is 11.6 Å². The Bertz CT molecular complexity index is 757. The van der Waals surface area contributed by atoms with Crippen molar-refractivity contribution in [3.8, 4) is 5.75 Å². The van der Waals surface area contributed by atoms with Crippen LogP contribution in [-0.2, 0) is 10.0 Å². The number of rotatable bonds is 3. The standard InChI is InChI=1S/C14H14ClNO3S/c1-9-3-4-10(2)14(7-9)20(18,19)16-11-5-6-12(15)13(17)8-11/h3-8,16-17H,1-2H3. The fraction of sp³-hybridized carbons (Fsp3) is 0.143. The molecule has 0 aliphatic heterocycles. The van der Waals surface area contributed by atoms with Gasteiger partial charge in [0.05, 0.1) is 15.6 Å². The van der Waals surface area contributed by atoms with Crippen LogP contribution in [0.2, 0.25) is 5.02 Å². The third kappa shape index (κ3) is 3.05. The molecule has 0 saturated carbocycles. The summed E-state index contributed by atoms with van der Waals surface area (Å²) in [7, 11) is -3.70. The second-order valence-corrected chi connectivity index (χ2v) is 6.60. The number of benzene rings is 2. The number of halogens is 1. The fourth-order valence-corrected chi connectivity index (χ4v) is 3.28. The van der Waals surface area contributed by atoms with Crippen LogP contribution in [0.4, 0.5) is 5.69 Å². The van der Waals surface area contributed by atoms with Crippen LogP contribution in [0, 0.1) is 13.8 Å². The zero-order valence-electron chi connectivity index (χ0n) is 11.0. The smallest absolute Gasteiger partial charge is 0.262 e. The quantitative estimate of drug-likeness (QED) is 0.912. The van der Waals surface area contributed by atoms with Gasteiger partial charge in [0.25, 0.3) is 10.0 Å². The topological polar surface area (TPSA) is 66.4 Å². The van der Waals surface area contributed by atoms with E-state index in [1.807, 2.05) is 13.0 Å². The van der Waals surface area contributed by atoms with Crippen molar-refractivity contribution >= 4 is 27.3 Å². The predicted molar refractivity (Wildman–Crippen MR) is 79.8 cm³/mol. The molecule has 2 aromatic carbocycles. The van der Waals surface area contributed by atoms with Gasteiger partial charge in [0.2, 0.25) is 0 Å². The van der Waals surface area contributed by atoms with Crippen molar-refractivity contribution in [2.75, 3.05) is 4.72 Å². The van der Waals surface area contributed by atoms with Gasteiger partial charge in [0, 0.05) is 6.07 Å². The van der Waals surface area contributed by atoms with Crippen LogP contribution in [0.1, 0.15) is 11.1 Å². The number of nitrogens with one attached hydrogen (secondary N) is 1. The van der Waals surface area contributed by atoms with Gasteiger partial charge in [0.15, 0.2) is 0 Å². The fourth-order valence-electron chi connectivity index (χ4n) is 1.78. The van der Waals surface area contributed by atoms with E-state index in [2.05, 4.69) is 4.72 Å². The van der Waals surface area contributed by atoms with Crippen LogP contribution < -0.4 is 4.72 Å². The lowest BCUT2D eigenvalue weighted by Crippen LogP contribution is -2.14. The molecular weight excluding hydrogens is 298 g/mol. The Hall–Kier alpha value is -1.72. The molecule has 20 heavy (non-hydrogen) atoms. The Morgan fingerprint density at radius 3 is 2.45 bits per heavy atom. The Morgan fingerprint density at radius 2 is 1.80 bits per heavy atom. The molecule has 6 heteroatoms. The highest BCUT2D eigenvalue weighted by molar-refractivity contribution is 7.92. The zero-order chi connectivity index (χ0) is 14.9. The summed E-state index contributed by atoms with van der Waals surface area (Å²) in [5, 5.41) is 9.67. The Kier molecular flexibility index (Phi) is 3.92. The van der Waals surface area contributed by atoms with Gasteiger partial charge in [-0.1, -0.05) is 23.7 Å². The van der Waals surface area contributed by atoms with E-state index in [1.165, 1.54) is 18.2 Å². The van der Waals surface area contributed by atoms with Crippen LogP contribution in [0.3, 0.4) is 0 Å². The monoisotopic (exact) mass is 311 g/mol. The number of hydrogen-bond acceptors (Lipinski definition) is 3. The first-order chi connectivity index (χ1) is 9.29. The number of anilines is 1. The normalized spacial score (nSPS) is 11.3. The summed E-state index contributed by atoms with van der Waals surface area (Å²) in [6, 6.07) is 9.40. The molecule has 0 radical (unpaired) electrons. The van der Waals surface area contributed by atoms with E-state index in [0.717, 1.165) is 5.56 Å². The second kappa shape index (κ2) is 5.34. The number of hydrogen-bond donors (Lipinski definition) is 2. The van der Waals surface area contributed by atoms with Gasteiger partial charge in [-0.2, -0.15) is 0 Å². The van der Waals surface area contributed by atoms with Crippen molar-refractivity contribution in [2.45, 2.75) is 18.7 Å². The summed E-state index contributed by atoms with van der Waals surface area (Å²) in [6.07, 6.45) is 0. The highest BCUT2D eigenvalue weighted by Gasteiger charge is 2.17. The van der Waals surface area contributed by atoms with Gasteiger partial charge in [-0.3, -0.25) is 4.72 Å². The minimum atomic E-state index is -3.70. The SMILES string of the molecule is Cc1ccc(C)c(S(=O)(=O)Nc2ccc(Cl)c(O)c2)c1. The van der Waals surface area contributed by atoms with Gasteiger partial charge in [-0.05, 0) is 43.2 Å². The summed E-state index contributed by atoms with van der Waals surface area (Å²) in [5.74, 6) is -0.173. The molecule has 0 atom stereocenters. The van der Waals surface area contributed by atoms with Crippen molar-refractivity contribution in [1.29, 1.82) is 0 Å². The van der Waals surface area contributed by atoms with Gasteiger partial charge < -0.3 is 5.11 Å². The molecule has 2 N–H and O–H groups in total. The van der Waals surface area contributed by atoms with Gasteiger partial charge in [-0.25, -0.2) is 8.42 Å². The molecule has 0 bridgehead atoms. The molecule has 106 valence electrons. The molecule has 4 nitrogen and oxygen atoms in total. The van der Waals surface area contributed by atoms with Crippen molar-refractivity contribution in [3.63, 3.8) is 0 Å². The van der Waals surface area contributed by atoms with Crippen LogP contribution in [0.15, 0.2) is 41.3 Å². The predicted octanol–water partition coefficient (Wildman–Crippen LogP) is 3.46. The molecule has 0 fully saturated rings. The van der Waals surface area contributed by atoms with E-state index >= 15 is 0 Å². The Morgan fingerprint density at radius 1 is 1.10 bits per heavy atom. The highest BCUT2D eigenvalue weighted by atomic mass is 35.5. The zero-order valence-corrected chi connectivity index (χ0v) is 12.6. The molecule has 0 amide bonds. The summed E-state index contributed by atoms with van der Waals surface area (Å²) >= 11 is 5.69. The highest BCUT2D eigenvalue weighted by Crippen LogP contribution is 2.28. The van der Waals surface area contributed by atoms with E-state index in [0.29, 0.717) is 5.56 Å². The maximum Gasteiger partial charge on any atom is 0.262 e. The molecule has 0 aromatic heterocycles. The van der Waals surface area contributed by atoms with E-state index in [4.69, 9.17) is 11.6 Å². The lowest BCUT2D eigenvalue weighted by Gasteiger charge is -2.11. The minimum absolute atomic E-state index is 0.166. The van der Waals surface area contributed by atoms with E-state index in [-0.39, 0.29) is 21.4 Å². The third-order valence-corrected chi connectivity index (χ3v) is 4.67. The molecule has 2 aromatic rings. The average molecular weight is 312 g/mol. The average Bonchev–Trinajstić information content (AvgIpc) is 2.36. The largest absolute Gasteiger partial charge is 0.506 e. The van der Waals surface area contributed by atoms with Crippen molar-refractivity contribution in [1.82, 2.24) is 0 Å². The molecule has 0 unspecified atom stereocenters. The van der Waals surface area contributed by atoms with Crippen molar-refractivity contribution in [3.05, 3.63) is 52.5 Å². The van der Waals surface area contributed by atoms with Crippen LogP contribution in [0.25, 0.3) is 0 Å². The van der Waals surface area contributed by atoms with E-state index < -0.39 is 10.0 Å². The second-order valence-electron chi connectivity index (χ2n) is 4.54. The van der Waals surface area contributed by atoms with E-state index in [9.17, 15) is 13.5 Å². The van der Waals surface area contributed by atoms with Crippen molar-refractivity contribution in [2.24, 2.45) is 0 Å². The molecule has 0 aliphatic rings. The minimum Gasteiger partial charge on any atom is -0.506 e. The molecule has 0 aliphatic carbocycles. The van der Waals surface area contributed by atoms with Gasteiger partial charge >= 0.3 is 0 Å². The first kappa shape index (κ1) is 14.7. The van der Waals surface area contributed by atoms with Crippen molar-refractivity contribution < 1.29 is 13.5 Å².